The number of rotatable bonds is 5. The van der Waals surface area contributed by atoms with E-state index in [1.807, 2.05) is 0 Å². The molecular weight excluding hydrogens is 290 g/mol. The first-order valence-corrected chi connectivity index (χ1v) is 6.46. The molecule has 0 aliphatic heterocycles. The van der Waals surface area contributed by atoms with Crippen LogP contribution in [-0.4, -0.2) is 37.9 Å². The Balaban J connectivity index is 2.30. The van der Waals surface area contributed by atoms with Gasteiger partial charge in [-0.15, -0.1) is 0 Å². The third kappa shape index (κ3) is 3.23. The zero-order chi connectivity index (χ0) is 16.3. The van der Waals surface area contributed by atoms with Crippen LogP contribution in [0, 0.1) is 6.92 Å². The molecule has 0 aliphatic carbocycles. The van der Waals surface area contributed by atoms with Gasteiger partial charge in [0.15, 0.2) is 0 Å². The van der Waals surface area contributed by atoms with Crippen LogP contribution in [0.15, 0.2) is 23.0 Å². The number of aliphatic hydroxyl groups is 1. The summed E-state index contributed by atoms with van der Waals surface area (Å²) in [6.07, 6.45) is 0.211. The molecule has 0 amide bonds. The Bertz CT molecular complexity index is 770. The lowest BCUT2D eigenvalue weighted by molar-refractivity contribution is 0.0694. The average molecular weight is 305 g/mol. The number of nitrogens with one attached hydrogen (secondary N) is 2. The highest BCUT2D eigenvalue weighted by Crippen LogP contribution is 2.23. The van der Waals surface area contributed by atoms with Crippen LogP contribution in [0.2, 0.25) is 0 Å². The molecule has 0 saturated carbocycles. The monoisotopic (exact) mass is 305 g/mol. The molecule has 0 fully saturated rings. The summed E-state index contributed by atoms with van der Waals surface area (Å²) in [5, 5.41) is 30.1. The minimum absolute atomic E-state index is 0.150. The molecule has 0 spiro atoms. The number of benzene rings is 1. The molecule has 5 N–H and O–H groups in total. The second kappa shape index (κ2) is 6.27. The van der Waals surface area contributed by atoms with Gasteiger partial charge < -0.3 is 20.6 Å². The van der Waals surface area contributed by atoms with E-state index >= 15 is 0 Å². The number of hydrogen-bond donors (Lipinski definition) is 5. The van der Waals surface area contributed by atoms with Crippen LogP contribution in [-0.2, 0) is 6.42 Å². The maximum absolute atomic E-state index is 11.9. The molecule has 116 valence electrons. The van der Waals surface area contributed by atoms with Gasteiger partial charge in [-0.3, -0.25) is 9.78 Å². The molecule has 0 bridgehead atoms. The van der Waals surface area contributed by atoms with Crippen molar-refractivity contribution in [2.24, 2.45) is 0 Å². The summed E-state index contributed by atoms with van der Waals surface area (Å²) in [5.74, 6) is -1.47. The van der Waals surface area contributed by atoms with Crippen LogP contribution in [0.25, 0.3) is 0 Å². The second-order valence-electron chi connectivity index (χ2n) is 4.61. The van der Waals surface area contributed by atoms with E-state index in [0.717, 1.165) is 0 Å². The number of aryl methyl sites for hydroxylation is 1. The van der Waals surface area contributed by atoms with Crippen molar-refractivity contribution >= 4 is 17.6 Å². The Morgan fingerprint density at radius 2 is 2.14 bits per heavy atom. The maximum Gasteiger partial charge on any atom is 0.339 e. The van der Waals surface area contributed by atoms with Crippen molar-refractivity contribution < 1.29 is 20.1 Å². The van der Waals surface area contributed by atoms with E-state index in [9.17, 15) is 14.7 Å². The molecule has 1 aromatic carbocycles. The van der Waals surface area contributed by atoms with Gasteiger partial charge in [-0.2, -0.15) is 0 Å². The van der Waals surface area contributed by atoms with Gasteiger partial charge in [0.2, 0.25) is 5.95 Å². The number of aromatic nitrogens is 2. The van der Waals surface area contributed by atoms with Gasteiger partial charge in [-0.25, -0.2) is 9.78 Å². The molecule has 8 heteroatoms. The zero-order valence-corrected chi connectivity index (χ0v) is 11.8. The summed E-state index contributed by atoms with van der Waals surface area (Å²) < 4.78 is 0. The van der Waals surface area contributed by atoms with E-state index in [4.69, 9.17) is 10.2 Å². The SMILES string of the molecule is Cc1nc(Nc2ccc(C(=O)O)c(O)c2)[nH]c(=O)c1CCO. The number of aliphatic hydroxyl groups excluding tert-OH is 1. The largest absolute Gasteiger partial charge is 0.507 e. The summed E-state index contributed by atoms with van der Waals surface area (Å²) in [4.78, 5) is 29.4. The van der Waals surface area contributed by atoms with Gasteiger partial charge in [0, 0.05) is 30.3 Å². The van der Waals surface area contributed by atoms with Gasteiger partial charge >= 0.3 is 5.97 Å². The third-order valence-electron chi connectivity index (χ3n) is 3.07. The van der Waals surface area contributed by atoms with E-state index in [1.165, 1.54) is 18.2 Å². The van der Waals surface area contributed by atoms with Crippen LogP contribution in [0.5, 0.6) is 5.75 Å². The van der Waals surface area contributed by atoms with Gasteiger partial charge in [-0.1, -0.05) is 0 Å². The lowest BCUT2D eigenvalue weighted by Crippen LogP contribution is -2.19. The molecule has 1 heterocycles. The predicted octanol–water partition coefficient (Wildman–Crippen LogP) is 0.761. The lowest BCUT2D eigenvalue weighted by Gasteiger charge is -2.09. The van der Waals surface area contributed by atoms with Gasteiger partial charge in [-0.05, 0) is 19.1 Å². The van der Waals surface area contributed by atoms with Crippen molar-refractivity contribution in [1.29, 1.82) is 0 Å². The fourth-order valence-corrected chi connectivity index (χ4v) is 2.00. The summed E-state index contributed by atoms with van der Waals surface area (Å²) in [7, 11) is 0. The molecule has 8 nitrogen and oxygen atoms in total. The molecule has 0 saturated heterocycles. The first-order valence-electron chi connectivity index (χ1n) is 6.46. The van der Waals surface area contributed by atoms with Gasteiger partial charge in [0.05, 0.1) is 5.69 Å². The normalized spacial score (nSPS) is 10.5. The zero-order valence-electron chi connectivity index (χ0n) is 11.8. The predicted molar refractivity (Wildman–Crippen MR) is 78.7 cm³/mol. The molecule has 0 atom stereocenters. The van der Waals surface area contributed by atoms with Gasteiger partial charge in [0.1, 0.15) is 11.3 Å². The number of aromatic hydroxyl groups is 1. The Morgan fingerprint density at radius 3 is 2.68 bits per heavy atom. The van der Waals surface area contributed by atoms with E-state index in [2.05, 4.69) is 15.3 Å². The minimum atomic E-state index is -1.24. The van der Waals surface area contributed by atoms with E-state index < -0.39 is 11.7 Å². The van der Waals surface area contributed by atoms with Crippen molar-refractivity contribution in [3.8, 4) is 5.75 Å². The van der Waals surface area contributed by atoms with E-state index in [-0.39, 0.29) is 30.1 Å². The molecule has 0 radical (unpaired) electrons. The molecular formula is C14H15N3O5. The lowest BCUT2D eigenvalue weighted by atomic mass is 10.2. The standard InChI is InChI=1S/C14H15N3O5/c1-7-9(4-5-18)12(20)17-14(15-7)16-8-2-3-10(13(21)22)11(19)6-8/h2-3,6,18-19H,4-5H2,1H3,(H,21,22)(H2,15,16,17,20). The Kier molecular flexibility index (Phi) is 4.42. The Morgan fingerprint density at radius 1 is 1.41 bits per heavy atom. The summed E-state index contributed by atoms with van der Waals surface area (Å²) >= 11 is 0. The van der Waals surface area contributed by atoms with Gasteiger partial charge in [0.25, 0.3) is 5.56 Å². The van der Waals surface area contributed by atoms with Crippen molar-refractivity contribution in [2.45, 2.75) is 13.3 Å². The van der Waals surface area contributed by atoms with Crippen molar-refractivity contribution in [3.63, 3.8) is 0 Å². The highest BCUT2D eigenvalue weighted by Gasteiger charge is 2.11. The number of carboxylic acids is 1. The Labute approximate surface area is 125 Å². The minimum Gasteiger partial charge on any atom is -0.507 e. The third-order valence-corrected chi connectivity index (χ3v) is 3.07. The van der Waals surface area contributed by atoms with E-state index in [0.29, 0.717) is 16.9 Å². The number of carboxylic acid groups (broad SMARTS) is 1. The van der Waals surface area contributed by atoms with Crippen molar-refractivity contribution in [3.05, 3.63) is 45.4 Å². The fraction of sp³-hybridized carbons (Fsp3) is 0.214. The highest BCUT2D eigenvalue weighted by atomic mass is 16.4. The molecule has 1 aromatic heterocycles. The van der Waals surface area contributed by atoms with Crippen LogP contribution < -0.4 is 10.9 Å². The Hall–Kier alpha value is -2.87. The number of nitrogens with zero attached hydrogens (tertiary/aromatic N) is 1. The van der Waals surface area contributed by atoms with Crippen LogP contribution >= 0.6 is 0 Å². The van der Waals surface area contributed by atoms with Crippen molar-refractivity contribution in [2.75, 3.05) is 11.9 Å². The number of aromatic amines is 1. The number of anilines is 2. The van der Waals surface area contributed by atoms with E-state index in [1.54, 1.807) is 6.92 Å². The first-order chi connectivity index (χ1) is 10.4. The quantitative estimate of drug-likeness (QED) is 0.550. The summed E-state index contributed by atoms with van der Waals surface area (Å²) in [6.45, 7) is 1.50. The van der Waals surface area contributed by atoms with Crippen LogP contribution in [0.3, 0.4) is 0 Å². The second-order valence-corrected chi connectivity index (χ2v) is 4.61. The summed E-state index contributed by atoms with van der Waals surface area (Å²) in [5.41, 5.74) is 0.667. The smallest absolute Gasteiger partial charge is 0.339 e. The molecule has 2 rings (SSSR count). The number of carbonyl (C=O) groups is 1. The fourth-order valence-electron chi connectivity index (χ4n) is 2.00. The molecule has 0 aliphatic rings. The molecule has 0 unspecified atom stereocenters. The number of hydrogen-bond acceptors (Lipinski definition) is 6. The van der Waals surface area contributed by atoms with Crippen LogP contribution in [0.1, 0.15) is 21.6 Å². The first kappa shape index (κ1) is 15.5. The molecule has 22 heavy (non-hydrogen) atoms. The molecule has 2 aromatic rings. The average Bonchev–Trinajstić information content (AvgIpc) is 2.42. The summed E-state index contributed by atoms with van der Waals surface area (Å²) in [6, 6.07) is 3.91. The number of phenols is 1. The topological polar surface area (TPSA) is 136 Å². The number of aromatic carboxylic acids is 1. The highest BCUT2D eigenvalue weighted by molar-refractivity contribution is 5.91. The maximum atomic E-state index is 11.9. The van der Waals surface area contributed by atoms with Crippen LogP contribution in [0.4, 0.5) is 11.6 Å². The van der Waals surface area contributed by atoms with Crippen molar-refractivity contribution in [1.82, 2.24) is 9.97 Å². The number of H-pyrrole nitrogens is 1.